The summed E-state index contributed by atoms with van der Waals surface area (Å²) in [6.07, 6.45) is 0.696. The second kappa shape index (κ2) is 6.09. The molecule has 94 valence electrons. The van der Waals surface area contributed by atoms with Crippen molar-refractivity contribution in [3.8, 4) is 0 Å². The van der Waals surface area contributed by atoms with Crippen LogP contribution in [0, 0.1) is 5.82 Å². The zero-order valence-corrected chi connectivity index (χ0v) is 11.3. The van der Waals surface area contributed by atoms with Crippen molar-refractivity contribution in [2.75, 3.05) is 0 Å². The Balaban J connectivity index is 2.21. The molecule has 0 saturated carbocycles. The lowest BCUT2D eigenvalue weighted by atomic mass is 9.99. The van der Waals surface area contributed by atoms with E-state index in [-0.39, 0.29) is 11.9 Å². The van der Waals surface area contributed by atoms with Crippen LogP contribution in [0.3, 0.4) is 0 Å². The smallest absolute Gasteiger partial charge is 0.124 e. The van der Waals surface area contributed by atoms with Crippen molar-refractivity contribution in [3.05, 3.63) is 69.9 Å². The van der Waals surface area contributed by atoms with Gasteiger partial charge in [-0.05, 0) is 29.7 Å². The predicted octanol–water partition coefficient (Wildman–Crippen LogP) is 3.34. The van der Waals surface area contributed by atoms with E-state index >= 15 is 0 Å². The summed E-state index contributed by atoms with van der Waals surface area (Å²) in [5, 5.41) is 0. The number of hydrogen-bond donors (Lipinski definition) is 2. The summed E-state index contributed by atoms with van der Waals surface area (Å²) in [5.41, 5.74) is 4.92. The molecule has 1 atom stereocenters. The quantitative estimate of drug-likeness (QED) is 0.671. The monoisotopic (exact) mass is 308 g/mol. The summed E-state index contributed by atoms with van der Waals surface area (Å²) in [6, 6.07) is 14.6. The van der Waals surface area contributed by atoms with E-state index in [2.05, 4.69) is 21.4 Å². The third-order valence-electron chi connectivity index (χ3n) is 2.84. The molecule has 1 unspecified atom stereocenters. The highest BCUT2D eigenvalue weighted by Gasteiger charge is 2.12. The Bertz CT molecular complexity index is 516. The summed E-state index contributed by atoms with van der Waals surface area (Å²) in [4.78, 5) is 0. The lowest BCUT2D eigenvalue weighted by Crippen LogP contribution is -2.29. The number of benzene rings is 2. The molecular weight excluding hydrogens is 295 g/mol. The van der Waals surface area contributed by atoms with Crippen LogP contribution in [-0.4, -0.2) is 0 Å². The highest BCUT2D eigenvalue weighted by molar-refractivity contribution is 9.10. The van der Waals surface area contributed by atoms with E-state index in [0.29, 0.717) is 6.42 Å². The fourth-order valence-electron chi connectivity index (χ4n) is 1.87. The molecule has 0 amide bonds. The van der Waals surface area contributed by atoms with Gasteiger partial charge in [-0.15, -0.1) is 0 Å². The van der Waals surface area contributed by atoms with Gasteiger partial charge < -0.3 is 0 Å². The molecule has 0 saturated heterocycles. The van der Waals surface area contributed by atoms with Gasteiger partial charge in [0.1, 0.15) is 5.82 Å². The van der Waals surface area contributed by atoms with E-state index in [9.17, 15) is 4.39 Å². The molecule has 0 aliphatic rings. The van der Waals surface area contributed by atoms with Gasteiger partial charge in [-0.1, -0.05) is 52.3 Å². The minimum absolute atomic E-state index is 0.00737. The van der Waals surface area contributed by atoms with E-state index in [1.807, 2.05) is 30.3 Å². The standard InChI is InChI=1S/C14H14BrFN2/c15-13-9-12(16)7-6-11(13)8-14(18-17)10-4-2-1-3-5-10/h1-7,9,14,18H,8,17H2. The Morgan fingerprint density at radius 1 is 1.17 bits per heavy atom. The second-order valence-corrected chi connectivity index (χ2v) is 4.92. The number of rotatable bonds is 4. The number of halogens is 2. The maximum absolute atomic E-state index is 13.0. The van der Waals surface area contributed by atoms with Crippen LogP contribution in [0.5, 0.6) is 0 Å². The highest BCUT2D eigenvalue weighted by Crippen LogP contribution is 2.24. The average Bonchev–Trinajstić information content (AvgIpc) is 2.39. The van der Waals surface area contributed by atoms with Gasteiger partial charge in [-0.3, -0.25) is 11.3 Å². The lowest BCUT2D eigenvalue weighted by Gasteiger charge is -2.17. The van der Waals surface area contributed by atoms with Crippen LogP contribution < -0.4 is 11.3 Å². The molecule has 0 fully saturated rings. The van der Waals surface area contributed by atoms with E-state index in [1.165, 1.54) is 12.1 Å². The third kappa shape index (κ3) is 3.16. The fourth-order valence-corrected chi connectivity index (χ4v) is 2.38. The molecule has 4 heteroatoms. The van der Waals surface area contributed by atoms with E-state index in [0.717, 1.165) is 15.6 Å². The summed E-state index contributed by atoms with van der Waals surface area (Å²) >= 11 is 3.37. The Hall–Kier alpha value is -1.23. The van der Waals surface area contributed by atoms with Crippen LogP contribution >= 0.6 is 15.9 Å². The molecule has 0 aromatic heterocycles. The molecule has 0 radical (unpaired) electrons. The molecule has 3 N–H and O–H groups in total. The Kier molecular flexibility index (Phi) is 4.47. The third-order valence-corrected chi connectivity index (χ3v) is 3.58. The van der Waals surface area contributed by atoms with Crippen molar-refractivity contribution in [1.29, 1.82) is 0 Å². The van der Waals surface area contributed by atoms with Gasteiger partial charge >= 0.3 is 0 Å². The van der Waals surface area contributed by atoms with Crippen LogP contribution in [0.2, 0.25) is 0 Å². The number of hydrazine groups is 1. The molecule has 0 heterocycles. The van der Waals surface area contributed by atoms with Crippen molar-refractivity contribution in [2.45, 2.75) is 12.5 Å². The largest absolute Gasteiger partial charge is 0.271 e. The fraction of sp³-hybridized carbons (Fsp3) is 0.143. The van der Waals surface area contributed by atoms with Crippen LogP contribution in [0.4, 0.5) is 4.39 Å². The molecule has 0 bridgehead atoms. The molecule has 2 nitrogen and oxygen atoms in total. The SMILES string of the molecule is NNC(Cc1ccc(F)cc1Br)c1ccccc1. The Morgan fingerprint density at radius 3 is 2.50 bits per heavy atom. The van der Waals surface area contributed by atoms with Gasteiger partial charge in [0.25, 0.3) is 0 Å². The van der Waals surface area contributed by atoms with Crippen molar-refractivity contribution in [3.63, 3.8) is 0 Å². The van der Waals surface area contributed by atoms with Crippen molar-refractivity contribution in [1.82, 2.24) is 5.43 Å². The molecule has 0 aliphatic heterocycles. The Labute approximate surface area is 114 Å². The first-order chi connectivity index (χ1) is 8.70. The molecule has 0 spiro atoms. The van der Waals surface area contributed by atoms with Gasteiger partial charge in [0.15, 0.2) is 0 Å². The van der Waals surface area contributed by atoms with Gasteiger partial charge in [-0.2, -0.15) is 0 Å². The molecule has 0 aliphatic carbocycles. The normalized spacial score (nSPS) is 12.4. The maximum atomic E-state index is 13.0. The number of nitrogens with two attached hydrogens (primary N) is 1. The van der Waals surface area contributed by atoms with Crippen molar-refractivity contribution in [2.24, 2.45) is 5.84 Å². The lowest BCUT2D eigenvalue weighted by molar-refractivity contribution is 0.550. The van der Waals surface area contributed by atoms with Gasteiger partial charge in [-0.25, -0.2) is 4.39 Å². The Morgan fingerprint density at radius 2 is 1.89 bits per heavy atom. The summed E-state index contributed by atoms with van der Waals surface area (Å²) < 4.78 is 13.8. The second-order valence-electron chi connectivity index (χ2n) is 4.07. The van der Waals surface area contributed by atoms with E-state index < -0.39 is 0 Å². The minimum Gasteiger partial charge on any atom is -0.271 e. The number of hydrogen-bond acceptors (Lipinski definition) is 2. The van der Waals surface area contributed by atoms with Crippen molar-refractivity contribution >= 4 is 15.9 Å². The van der Waals surface area contributed by atoms with Gasteiger partial charge in [0.05, 0.1) is 6.04 Å². The minimum atomic E-state index is -0.248. The van der Waals surface area contributed by atoms with Crippen LogP contribution in [0.25, 0.3) is 0 Å². The van der Waals surface area contributed by atoms with E-state index in [4.69, 9.17) is 5.84 Å². The van der Waals surface area contributed by atoms with Gasteiger partial charge in [0, 0.05) is 4.47 Å². The average molecular weight is 309 g/mol. The van der Waals surface area contributed by atoms with Crippen LogP contribution in [0.1, 0.15) is 17.2 Å². The maximum Gasteiger partial charge on any atom is 0.124 e. The van der Waals surface area contributed by atoms with E-state index in [1.54, 1.807) is 6.07 Å². The highest BCUT2D eigenvalue weighted by atomic mass is 79.9. The topological polar surface area (TPSA) is 38.0 Å². The molecule has 2 aromatic rings. The predicted molar refractivity (Wildman–Crippen MR) is 74.3 cm³/mol. The molecule has 2 aromatic carbocycles. The summed E-state index contributed by atoms with van der Waals surface area (Å²) in [7, 11) is 0. The summed E-state index contributed by atoms with van der Waals surface area (Å²) in [5.74, 6) is 5.35. The first-order valence-electron chi connectivity index (χ1n) is 5.65. The first-order valence-corrected chi connectivity index (χ1v) is 6.45. The van der Waals surface area contributed by atoms with Crippen molar-refractivity contribution < 1.29 is 4.39 Å². The zero-order valence-electron chi connectivity index (χ0n) is 9.74. The molecule has 18 heavy (non-hydrogen) atoms. The van der Waals surface area contributed by atoms with Crippen LogP contribution in [0.15, 0.2) is 53.0 Å². The molecule has 2 rings (SSSR count). The first kappa shape index (κ1) is 13.2. The van der Waals surface area contributed by atoms with Gasteiger partial charge in [0.2, 0.25) is 0 Å². The van der Waals surface area contributed by atoms with Crippen LogP contribution in [-0.2, 0) is 6.42 Å². The number of nitrogens with one attached hydrogen (secondary N) is 1. The summed E-state index contributed by atoms with van der Waals surface area (Å²) in [6.45, 7) is 0. The molecular formula is C14H14BrFN2. The zero-order chi connectivity index (χ0) is 13.0.